The molecule has 3 N–H and O–H groups in total. The van der Waals surface area contributed by atoms with E-state index in [1.807, 2.05) is 0 Å². The molecule has 0 aliphatic rings. The minimum absolute atomic E-state index is 0.00692. The van der Waals surface area contributed by atoms with E-state index in [1.54, 1.807) is 12.1 Å². The summed E-state index contributed by atoms with van der Waals surface area (Å²) in [7, 11) is 0. The first-order valence-corrected chi connectivity index (χ1v) is 7.53. The minimum Gasteiger partial charge on any atom is -0.507 e. The molecule has 0 unspecified atom stereocenters. The average molecular weight is 299 g/mol. The van der Waals surface area contributed by atoms with Crippen molar-refractivity contribution in [3.8, 4) is 11.5 Å². The lowest BCUT2D eigenvalue weighted by Crippen LogP contribution is -2.09. The van der Waals surface area contributed by atoms with Crippen LogP contribution in [0.3, 0.4) is 0 Å². The molecule has 0 fully saturated rings. The monoisotopic (exact) mass is 299 g/mol. The molecule has 20 heavy (non-hydrogen) atoms. The van der Waals surface area contributed by atoms with E-state index >= 15 is 0 Å². The molecule has 5 nitrogen and oxygen atoms in total. The van der Waals surface area contributed by atoms with Crippen LogP contribution < -0.4 is 4.74 Å². The van der Waals surface area contributed by atoms with Crippen LogP contribution in [0.15, 0.2) is 18.2 Å². The van der Waals surface area contributed by atoms with Crippen molar-refractivity contribution in [3.63, 3.8) is 0 Å². The van der Waals surface area contributed by atoms with Crippen molar-refractivity contribution in [1.82, 2.24) is 0 Å². The molecule has 0 bridgehead atoms. The molecule has 0 saturated heterocycles. The number of aliphatic hydroxyl groups excluding tert-OH is 1. The van der Waals surface area contributed by atoms with Gasteiger partial charge in [-0.1, -0.05) is 6.92 Å². The third-order valence-corrected chi connectivity index (χ3v) is 3.52. The normalized spacial score (nSPS) is 10.5. The summed E-state index contributed by atoms with van der Waals surface area (Å²) in [4.78, 5) is 0. The Kier molecular flexibility index (Phi) is 8.10. The van der Waals surface area contributed by atoms with Gasteiger partial charge in [0.1, 0.15) is 18.1 Å². The highest BCUT2D eigenvalue weighted by Crippen LogP contribution is 2.27. The van der Waals surface area contributed by atoms with Gasteiger partial charge in [0.15, 0.2) is 0 Å². The van der Waals surface area contributed by atoms with E-state index in [9.17, 15) is 5.11 Å². The van der Waals surface area contributed by atoms with Gasteiger partial charge in [0.25, 0.3) is 0 Å². The predicted molar refractivity (Wildman–Crippen MR) is 81.1 cm³/mol. The van der Waals surface area contributed by atoms with E-state index in [0.29, 0.717) is 36.2 Å². The van der Waals surface area contributed by atoms with E-state index in [-0.39, 0.29) is 12.4 Å². The van der Waals surface area contributed by atoms with E-state index in [4.69, 9.17) is 20.0 Å². The van der Waals surface area contributed by atoms with Crippen molar-refractivity contribution in [2.45, 2.75) is 13.3 Å². The van der Waals surface area contributed by atoms with Gasteiger partial charge in [0, 0.05) is 11.6 Å². The van der Waals surface area contributed by atoms with Gasteiger partial charge in [-0.25, -0.2) is 0 Å². The molecule has 0 aliphatic heterocycles. The topological polar surface area (TPSA) is 82.8 Å². The third-order valence-electron chi connectivity index (χ3n) is 2.40. The van der Waals surface area contributed by atoms with Gasteiger partial charge < -0.3 is 19.7 Å². The first-order valence-electron chi connectivity index (χ1n) is 6.55. The number of nitrogens with one attached hydrogen (secondary N) is 1. The van der Waals surface area contributed by atoms with Crippen LogP contribution in [0.4, 0.5) is 0 Å². The Hall–Kier alpha value is -1.24. The summed E-state index contributed by atoms with van der Waals surface area (Å²) in [6.45, 7) is 3.06. The number of hydrogen-bond donors (Lipinski definition) is 3. The Morgan fingerprint density at radius 1 is 1.30 bits per heavy atom. The quantitative estimate of drug-likeness (QED) is 0.370. The highest BCUT2D eigenvalue weighted by Gasteiger charge is 2.09. The molecular formula is C14H21NO4S. The molecule has 0 heterocycles. The zero-order chi connectivity index (χ0) is 14.8. The standard InChI is InChI=1S/C14H21NO4S/c1-2-9-20-14(15)12-4-3-11(10-13(12)17)19-8-7-18-6-5-16/h3-4,10,15-17H,2,5-9H2,1H3. The Balaban J connectivity index is 2.48. The van der Waals surface area contributed by atoms with Crippen LogP contribution in [-0.4, -0.2) is 47.4 Å². The zero-order valence-electron chi connectivity index (χ0n) is 11.6. The van der Waals surface area contributed by atoms with Crippen LogP contribution >= 0.6 is 11.8 Å². The number of ether oxygens (including phenoxy) is 2. The predicted octanol–water partition coefficient (Wildman–Crippen LogP) is 2.25. The molecule has 1 rings (SSSR count). The highest BCUT2D eigenvalue weighted by molar-refractivity contribution is 8.14. The van der Waals surface area contributed by atoms with E-state index in [2.05, 4.69) is 6.92 Å². The van der Waals surface area contributed by atoms with Gasteiger partial charge in [-0.2, -0.15) is 0 Å². The summed E-state index contributed by atoms with van der Waals surface area (Å²) in [6.07, 6.45) is 0.989. The second-order valence-electron chi connectivity index (χ2n) is 4.04. The van der Waals surface area contributed by atoms with Gasteiger partial charge in [-0.15, -0.1) is 11.8 Å². The number of aromatic hydroxyl groups is 1. The van der Waals surface area contributed by atoms with Gasteiger partial charge in [-0.05, 0) is 24.3 Å². The lowest BCUT2D eigenvalue weighted by molar-refractivity contribution is 0.0705. The van der Waals surface area contributed by atoms with Crippen LogP contribution in [0.5, 0.6) is 11.5 Å². The van der Waals surface area contributed by atoms with Crippen molar-refractivity contribution in [2.75, 3.05) is 32.2 Å². The highest BCUT2D eigenvalue weighted by atomic mass is 32.2. The molecule has 1 aromatic carbocycles. The maximum atomic E-state index is 9.90. The fourth-order valence-corrected chi connectivity index (χ4v) is 2.20. The molecule has 112 valence electrons. The van der Waals surface area contributed by atoms with Gasteiger partial charge in [0.05, 0.1) is 24.9 Å². The van der Waals surface area contributed by atoms with Gasteiger partial charge in [-0.3, -0.25) is 5.41 Å². The molecule has 1 aromatic rings. The average Bonchev–Trinajstić information content (AvgIpc) is 2.44. The zero-order valence-corrected chi connectivity index (χ0v) is 12.4. The SMILES string of the molecule is CCCSC(=N)c1ccc(OCCOCCO)cc1O. The molecule has 0 amide bonds. The third kappa shape index (κ3) is 5.81. The summed E-state index contributed by atoms with van der Waals surface area (Å²) in [5.74, 6) is 1.44. The first kappa shape index (κ1) is 16.8. The molecule has 0 radical (unpaired) electrons. The van der Waals surface area contributed by atoms with Crippen LogP contribution in [-0.2, 0) is 4.74 Å². The number of rotatable bonds is 9. The summed E-state index contributed by atoms with van der Waals surface area (Å²) in [6, 6.07) is 4.91. The van der Waals surface area contributed by atoms with Crippen LogP contribution in [0.1, 0.15) is 18.9 Å². The first-order chi connectivity index (χ1) is 9.69. The molecular weight excluding hydrogens is 278 g/mol. The number of thioether (sulfide) groups is 1. The molecule has 0 aromatic heterocycles. The Bertz CT molecular complexity index is 426. The number of phenolic OH excluding ortho intramolecular Hbond substituents is 1. The summed E-state index contributed by atoms with van der Waals surface area (Å²) >= 11 is 1.42. The Labute approximate surface area is 123 Å². The van der Waals surface area contributed by atoms with Gasteiger partial charge >= 0.3 is 0 Å². The molecule has 0 atom stereocenters. The number of hydrogen-bond acceptors (Lipinski definition) is 6. The van der Waals surface area contributed by atoms with E-state index in [1.165, 1.54) is 17.8 Å². The van der Waals surface area contributed by atoms with E-state index in [0.717, 1.165) is 12.2 Å². The van der Waals surface area contributed by atoms with Crippen molar-refractivity contribution in [1.29, 1.82) is 5.41 Å². The second-order valence-corrected chi connectivity index (χ2v) is 5.15. The summed E-state index contributed by atoms with van der Waals surface area (Å²) in [5, 5.41) is 26.7. The molecule has 6 heteroatoms. The number of benzene rings is 1. The lowest BCUT2D eigenvalue weighted by atomic mass is 10.2. The smallest absolute Gasteiger partial charge is 0.129 e. The molecule has 0 spiro atoms. The Morgan fingerprint density at radius 2 is 2.10 bits per heavy atom. The summed E-state index contributed by atoms with van der Waals surface area (Å²) < 4.78 is 10.5. The number of phenols is 1. The Morgan fingerprint density at radius 3 is 2.75 bits per heavy atom. The van der Waals surface area contributed by atoms with E-state index < -0.39 is 0 Å². The molecule has 0 saturated carbocycles. The van der Waals surface area contributed by atoms with Crippen molar-refractivity contribution in [2.24, 2.45) is 0 Å². The van der Waals surface area contributed by atoms with Crippen molar-refractivity contribution in [3.05, 3.63) is 23.8 Å². The van der Waals surface area contributed by atoms with Crippen LogP contribution in [0.2, 0.25) is 0 Å². The summed E-state index contributed by atoms with van der Waals surface area (Å²) in [5.41, 5.74) is 0.521. The lowest BCUT2D eigenvalue weighted by Gasteiger charge is -2.10. The van der Waals surface area contributed by atoms with Gasteiger partial charge in [0.2, 0.25) is 0 Å². The fraction of sp³-hybridized carbons (Fsp3) is 0.500. The second kappa shape index (κ2) is 9.63. The maximum Gasteiger partial charge on any atom is 0.129 e. The maximum absolute atomic E-state index is 9.90. The van der Waals surface area contributed by atoms with Crippen molar-refractivity contribution < 1.29 is 19.7 Å². The van der Waals surface area contributed by atoms with Crippen molar-refractivity contribution >= 4 is 16.8 Å². The number of aliphatic hydroxyl groups is 1. The molecule has 0 aliphatic carbocycles. The minimum atomic E-state index is -0.00692. The largest absolute Gasteiger partial charge is 0.507 e. The van der Waals surface area contributed by atoms with Crippen LogP contribution in [0, 0.1) is 5.41 Å². The van der Waals surface area contributed by atoms with Crippen LogP contribution in [0.25, 0.3) is 0 Å². The fourth-order valence-electron chi connectivity index (χ4n) is 1.46.